The number of nitrogens with zero attached hydrogens (tertiary/aromatic N) is 6. The number of carbonyl (C=O) groups is 1. The van der Waals surface area contributed by atoms with E-state index in [1.807, 2.05) is 43.2 Å². The summed E-state index contributed by atoms with van der Waals surface area (Å²) in [6, 6.07) is 5.12. The van der Waals surface area contributed by atoms with Crippen molar-refractivity contribution >= 4 is 17.6 Å². The van der Waals surface area contributed by atoms with Gasteiger partial charge >= 0.3 is 0 Å². The number of hydrogen-bond acceptors (Lipinski definition) is 4. The number of nitrogens with one attached hydrogen (secondary N) is 1. The van der Waals surface area contributed by atoms with Gasteiger partial charge in [0.15, 0.2) is 5.96 Å². The van der Waals surface area contributed by atoms with Crippen molar-refractivity contribution in [2.75, 3.05) is 45.7 Å². The number of rotatable bonds is 5. The van der Waals surface area contributed by atoms with Gasteiger partial charge in [0, 0.05) is 52.0 Å². The molecule has 0 radical (unpaired) electrons. The van der Waals surface area contributed by atoms with Gasteiger partial charge in [0.1, 0.15) is 12.4 Å². The second-order valence-electron chi connectivity index (χ2n) is 7.40. The monoisotopic (exact) mass is 401 g/mol. The zero-order valence-electron chi connectivity index (χ0n) is 17.4. The minimum atomic E-state index is -0.205. The average Bonchev–Trinajstić information content (AvgIpc) is 3.10. The summed E-state index contributed by atoms with van der Waals surface area (Å²) in [6.07, 6.45) is 3.53. The Bertz CT molecular complexity index is 893. The fraction of sp³-hybridized carbons (Fsp3) is 0.450. The predicted molar refractivity (Wildman–Crippen MR) is 111 cm³/mol. The van der Waals surface area contributed by atoms with Crippen LogP contribution in [0, 0.1) is 5.82 Å². The van der Waals surface area contributed by atoms with Gasteiger partial charge in [-0.2, -0.15) is 5.10 Å². The van der Waals surface area contributed by atoms with Crippen LogP contribution in [0.15, 0.2) is 35.6 Å². The third-order valence-corrected chi connectivity index (χ3v) is 4.78. The third kappa shape index (κ3) is 5.11. The van der Waals surface area contributed by atoms with E-state index in [1.165, 1.54) is 6.07 Å². The second kappa shape index (κ2) is 9.04. The lowest BCUT2D eigenvalue weighted by Crippen LogP contribution is -2.55. The van der Waals surface area contributed by atoms with Crippen molar-refractivity contribution in [3.8, 4) is 0 Å². The van der Waals surface area contributed by atoms with Gasteiger partial charge in [-0.05, 0) is 31.8 Å². The lowest BCUT2D eigenvalue weighted by atomic mass is 10.1. The normalized spacial score (nSPS) is 15.4. The molecular weight excluding hydrogens is 373 g/mol. The van der Waals surface area contributed by atoms with Gasteiger partial charge < -0.3 is 20.0 Å². The molecule has 1 aliphatic heterocycles. The van der Waals surface area contributed by atoms with E-state index in [1.54, 1.807) is 28.9 Å². The highest BCUT2D eigenvalue weighted by atomic mass is 19.1. The van der Waals surface area contributed by atoms with Gasteiger partial charge in [0.2, 0.25) is 5.91 Å². The molecule has 1 aromatic heterocycles. The lowest BCUT2D eigenvalue weighted by molar-refractivity contribution is -0.120. The van der Waals surface area contributed by atoms with Gasteiger partial charge in [0.25, 0.3) is 0 Å². The molecule has 1 amide bonds. The Morgan fingerprint density at radius 3 is 2.76 bits per heavy atom. The summed E-state index contributed by atoms with van der Waals surface area (Å²) >= 11 is 0. The van der Waals surface area contributed by atoms with Crippen molar-refractivity contribution < 1.29 is 9.18 Å². The van der Waals surface area contributed by atoms with Crippen molar-refractivity contribution in [3.05, 3.63) is 47.5 Å². The first-order chi connectivity index (χ1) is 13.9. The molecule has 0 atom stereocenters. The van der Waals surface area contributed by atoms with Crippen LogP contribution in [0.1, 0.15) is 11.1 Å². The molecule has 1 aliphatic rings. The van der Waals surface area contributed by atoms with Crippen molar-refractivity contribution in [2.45, 2.75) is 13.1 Å². The molecule has 2 heterocycles. The minimum Gasteiger partial charge on any atom is -0.352 e. The maximum atomic E-state index is 14.0. The molecule has 3 rings (SSSR count). The standard InChI is InChI=1S/C20H28FN7O/c1-22-20(23-10-15-5-6-18(21)16(9-15)12-25(2)3)27-7-8-28(19(29)14-27)17-11-24-26(4)13-17/h5-6,9,11,13H,7-8,10,12,14H2,1-4H3,(H,22,23). The van der Waals surface area contributed by atoms with Gasteiger partial charge in [-0.1, -0.05) is 6.07 Å². The largest absolute Gasteiger partial charge is 0.352 e. The number of guanidine groups is 1. The summed E-state index contributed by atoms with van der Waals surface area (Å²) in [7, 11) is 7.35. The molecule has 1 N–H and O–H groups in total. The molecule has 0 aliphatic carbocycles. The van der Waals surface area contributed by atoms with Crippen LogP contribution in [0.4, 0.5) is 10.1 Å². The molecule has 1 fully saturated rings. The first kappa shape index (κ1) is 20.8. The van der Waals surface area contributed by atoms with Crippen LogP contribution >= 0.6 is 0 Å². The maximum Gasteiger partial charge on any atom is 0.246 e. The molecule has 0 spiro atoms. The molecular formula is C20H28FN7O. The molecule has 0 bridgehead atoms. The highest BCUT2D eigenvalue weighted by Crippen LogP contribution is 2.16. The number of aryl methyl sites for hydroxylation is 1. The van der Waals surface area contributed by atoms with Gasteiger partial charge in [-0.15, -0.1) is 0 Å². The highest BCUT2D eigenvalue weighted by Gasteiger charge is 2.27. The summed E-state index contributed by atoms with van der Waals surface area (Å²) in [6.45, 7) is 2.51. The van der Waals surface area contributed by atoms with Crippen LogP contribution in [0.2, 0.25) is 0 Å². The van der Waals surface area contributed by atoms with E-state index in [-0.39, 0.29) is 18.3 Å². The van der Waals surface area contributed by atoms with E-state index >= 15 is 0 Å². The topological polar surface area (TPSA) is 69.0 Å². The van der Waals surface area contributed by atoms with E-state index in [2.05, 4.69) is 15.4 Å². The lowest BCUT2D eigenvalue weighted by Gasteiger charge is -2.35. The van der Waals surface area contributed by atoms with Crippen molar-refractivity contribution in [3.63, 3.8) is 0 Å². The van der Waals surface area contributed by atoms with Crippen LogP contribution in [-0.2, 0) is 24.9 Å². The number of anilines is 1. The Morgan fingerprint density at radius 1 is 1.34 bits per heavy atom. The van der Waals surface area contributed by atoms with Crippen molar-refractivity contribution in [1.29, 1.82) is 0 Å². The number of halogens is 1. The van der Waals surface area contributed by atoms with Crippen molar-refractivity contribution in [2.24, 2.45) is 12.0 Å². The summed E-state index contributed by atoms with van der Waals surface area (Å²) in [4.78, 5) is 22.5. The number of piperazine rings is 1. The average molecular weight is 401 g/mol. The smallest absolute Gasteiger partial charge is 0.246 e. The molecule has 29 heavy (non-hydrogen) atoms. The predicted octanol–water partition coefficient (Wildman–Crippen LogP) is 1.04. The third-order valence-electron chi connectivity index (χ3n) is 4.78. The van der Waals surface area contributed by atoms with Crippen LogP contribution in [0.3, 0.4) is 0 Å². The van der Waals surface area contributed by atoms with Crippen molar-refractivity contribution in [1.82, 2.24) is 24.9 Å². The number of hydrogen-bond donors (Lipinski definition) is 1. The van der Waals surface area contributed by atoms with E-state index in [9.17, 15) is 9.18 Å². The van der Waals surface area contributed by atoms with Gasteiger partial charge in [-0.25, -0.2) is 4.39 Å². The van der Waals surface area contributed by atoms with E-state index in [4.69, 9.17) is 0 Å². The van der Waals surface area contributed by atoms with Crippen LogP contribution < -0.4 is 10.2 Å². The number of benzene rings is 1. The fourth-order valence-electron chi connectivity index (χ4n) is 3.39. The van der Waals surface area contributed by atoms with Gasteiger partial charge in [0.05, 0.1) is 11.9 Å². The first-order valence-corrected chi connectivity index (χ1v) is 9.54. The molecule has 9 heteroatoms. The molecule has 156 valence electrons. The summed E-state index contributed by atoms with van der Waals surface area (Å²) in [5, 5.41) is 7.42. The van der Waals surface area contributed by atoms with Crippen LogP contribution in [0.5, 0.6) is 0 Å². The van der Waals surface area contributed by atoms with Crippen LogP contribution in [-0.4, -0.2) is 72.2 Å². The zero-order valence-corrected chi connectivity index (χ0v) is 17.4. The number of aliphatic imine (C=N–C) groups is 1. The zero-order chi connectivity index (χ0) is 21.0. The summed E-state index contributed by atoms with van der Waals surface area (Å²) in [5.41, 5.74) is 2.43. The van der Waals surface area contributed by atoms with Gasteiger partial charge in [-0.3, -0.25) is 14.5 Å². The molecule has 1 saturated heterocycles. The Morgan fingerprint density at radius 2 is 2.14 bits per heavy atom. The number of aromatic nitrogens is 2. The molecule has 0 unspecified atom stereocenters. The Kier molecular flexibility index (Phi) is 6.48. The minimum absolute atomic E-state index is 0.00208. The SMILES string of the molecule is CN=C(NCc1ccc(F)c(CN(C)C)c1)N1CCN(c2cnn(C)c2)C(=O)C1. The first-order valence-electron chi connectivity index (χ1n) is 9.54. The molecule has 1 aromatic carbocycles. The molecule has 8 nitrogen and oxygen atoms in total. The van der Waals surface area contributed by atoms with Crippen LogP contribution in [0.25, 0.3) is 0 Å². The second-order valence-corrected chi connectivity index (χ2v) is 7.40. The van der Waals surface area contributed by atoms with E-state index < -0.39 is 0 Å². The quantitative estimate of drug-likeness (QED) is 0.599. The number of amides is 1. The Labute approximate surface area is 170 Å². The van der Waals surface area contributed by atoms with E-state index in [0.717, 1.165) is 11.3 Å². The molecule has 2 aromatic rings. The van der Waals surface area contributed by atoms with E-state index in [0.29, 0.717) is 37.7 Å². The number of carbonyl (C=O) groups excluding carboxylic acids is 1. The highest BCUT2D eigenvalue weighted by molar-refractivity contribution is 5.98. The fourth-order valence-corrected chi connectivity index (χ4v) is 3.39. The summed E-state index contributed by atoms with van der Waals surface area (Å²) < 4.78 is 15.7. The molecule has 0 saturated carbocycles. The Balaban J connectivity index is 1.61. The maximum absolute atomic E-state index is 14.0. The Hall–Kier alpha value is -2.94. The summed E-state index contributed by atoms with van der Waals surface area (Å²) in [5.74, 6) is 0.453.